The van der Waals surface area contributed by atoms with Gasteiger partial charge in [0.2, 0.25) is 0 Å². The van der Waals surface area contributed by atoms with Gasteiger partial charge in [-0.25, -0.2) is 4.98 Å². The molecule has 3 heterocycles. The molecule has 9 heteroatoms. The number of nitrogen functional groups attached to an aromatic ring is 1. The predicted molar refractivity (Wildman–Crippen MR) is 150 cm³/mol. The highest BCUT2D eigenvalue weighted by atomic mass is 35.5. The number of nitrogens with one attached hydrogen (secondary N) is 2. The number of nitrogens with two attached hydrogens (primary N) is 1. The molecule has 0 spiro atoms. The number of nitrogens with zero attached hydrogens (tertiary/aromatic N) is 2. The van der Waals surface area contributed by atoms with Gasteiger partial charge in [0.25, 0.3) is 11.8 Å². The van der Waals surface area contributed by atoms with Gasteiger partial charge in [0, 0.05) is 46.4 Å². The molecule has 0 aliphatic carbocycles. The van der Waals surface area contributed by atoms with E-state index in [0.717, 1.165) is 27.3 Å². The van der Waals surface area contributed by atoms with Crippen molar-refractivity contribution in [3.63, 3.8) is 0 Å². The van der Waals surface area contributed by atoms with Crippen LogP contribution in [0.3, 0.4) is 0 Å². The van der Waals surface area contributed by atoms with Gasteiger partial charge in [-0.15, -0.1) is 11.6 Å². The summed E-state index contributed by atoms with van der Waals surface area (Å²) in [6, 6.07) is 17.5. The van der Waals surface area contributed by atoms with Gasteiger partial charge in [-0.3, -0.25) is 9.59 Å². The Labute approximate surface area is 223 Å². The van der Waals surface area contributed by atoms with Crippen LogP contribution in [0.1, 0.15) is 37.9 Å². The maximum atomic E-state index is 13.7. The van der Waals surface area contributed by atoms with Gasteiger partial charge in [0.1, 0.15) is 17.3 Å². The molecular formula is C29H24ClN5O3. The van der Waals surface area contributed by atoms with Crippen molar-refractivity contribution in [2.45, 2.75) is 12.8 Å². The zero-order valence-corrected chi connectivity index (χ0v) is 21.2. The highest BCUT2D eigenvalue weighted by molar-refractivity contribution is 6.19. The number of phenolic OH excluding ortho intramolecular Hbond substituents is 1. The summed E-state index contributed by atoms with van der Waals surface area (Å²) in [5, 5.41) is 16.0. The molecule has 1 aliphatic rings. The monoisotopic (exact) mass is 525 g/mol. The molecule has 0 saturated carbocycles. The van der Waals surface area contributed by atoms with E-state index < -0.39 is 0 Å². The lowest BCUT2D eigenvalue weighted by Gasteiger charge is -2.18. The molecule has 0 fully saturated rings. The second kappa shape index (κ2) is 9.08. The largest absolute Gasteiger partial charge is 0.507 e. The molecule has 1 aliphatic heterocycles. The van der Waals surface area contributed by atoms with Gasteiger partial charge in [0.15, 0.2) is 0 Å². The van der Waals surface area contributed by atoms with E-state index in [0.29, 0.717) is 46.4 Å². The Hall–Kier alpha value is -4.56. The fourth-order valence-corrected chi connectivity index (χ4v) is 5.45. The van der Waals surface area contributed by atoms with E-state index in [4.69, 9.17) is 17.3 Å². The van der Waals surface area contributed by atoms with E-state index in [1.165, 1.54) is 0 Å². The minimum Gasteiger partial charge on any atom is -0.507 e. The number of amides is 2. The number of hydrogen-bond donors (Lipinski definition) is 4. The number of halogens is 1. The van der Waals surface area contributed by atoms with Crippen LogP contribution in [0, 0.1) is 6.92 Å². The van der Waals surface area contributed by atoms with Crippen LogP contribution in [-0.2, 0) is 0 Å². The lowest BCUT2D eigenvalue weighted by molar-refractivity contribution is 0.0983. The Morgan fingerprint density at radius 1 is 1.18 bits per heavy atom. The summed E-state index contributed by atoms with van der Waals surface area (Å²) in [6.45, 7) is 2.40. The lowest BCUT2D eigenvalue weighted by Crippen LogP contribution is -2.30. The van der Waals surface area contributed by atoms with Crippen LogP contribution in [0.5, 0.6) is 5.75 Å². The van der Waals surface area contributed by atoms with E-state index in [1.807, 2.05) is 25.1 Å². The standard InChI is InChI=1S/C29H24ClN5O3/c1-15-3-2-4-20-24(36)11-23-27(26(15)20)18(12-30)14-35(23)29(38)21-9-17-10-25(32-13-22(17)33-21)34-28(37)16-5-7-19(31)8-6-16/h2-11,13,18,33,36H,12,14,31H2,1H3,(H,32,34,37)/t18-/m1/s1. The molecule has 2 amide bonds. The molecule has 5 aromatic rings. The van der Waals surface area contributed by atoms with Gasteiger partial charge in [-0.05, 0) is 59.8 Å². The number of anilines is 3. The number of alkyl halides is 1. The number of benzene rings is 3. The van der Waals surface area contributed by atoms with Crippen LogP contribution in [0.15, 0.2) is 66.9 Å². The van der Waals surface area contributed by atoms with Gasteiger partial charge >= 0.3 is 0 Å². The molecule has 38 heavy (non-hydrogen) atoms. The summed E-state index contributed by atoms with van der Waals surface area (Å²) < 4.78 is 0. The fourth-order valence-electron chi connectivity index (χ4n) is 5.20. The minimum atomic E-state index is -0.313. The predicted octanol–water partition coefficient (Wildman–Crippen LogP) is 5.55. The minimum absolute atomic E-state index is 0.0685. The number of aromatic amines is 1. The molecule has 8 nitrogen and oxygen atoms in total. The van der Waals surface area contributed by atoms with Crippen LogP contribution in [0.4, 0.5) is 17.2 Å². The SMILES string of the molecule is Cc1cccc2c(O)cc3c(c12)[C@H](CCl)CN3C(=O)c1cc2cc(NC(=O)c3ccc(N)cc3)ncc2[nH]1. The summed E-state index contributed by atoms with van der Waals surface area (Å²) in [5.74, 6) is 0.206. The normalized spacial score (nSPS) is 14.7. The molecule has 6 rings (SSSR count). The number of hydrogen-bond acceptors (Lipinski definition) is 5. The molecule has 5 N–H and O–H groups in total. The van der Waals surface area contributed by atoms with Gasteiger partial charge in [0.05, 0.1) is 17.4 Å². The molecule has 190 valence electrons. The van der Waals surface area contributed by atoms with Crippen LogP contribution in [-0.4, -0.2) is 39.3 Å². The average Bonchev–Trinajstić information content (AvgIpc) is 3.50. The molecule has 0 radical (unpaired) electrons. The van der Waals surface area contributed by atoms with Gasteiger partial charge in [-0.1, -0.05) is 18.2 Å². The first-order valence-electron chi connectivity index (χ1n) is 12.1. The maximum absolute atomic E-state index is 13.7. The van der Waals surface area contributed by atoms with Crippen molar-refractivity contribution in [2.75, 3.05) is 28.4 Å². The number of pyridine rings is 1. The first kappa shape index (κ1) is 23.8. The second-order valence-electron chi connectivity index (χ2n) is 9.51. The Kier molecular flexibility index (Phi) is 5.69. The molecule has 2 aromatic heterocycles. The first-order chi connectivity index (χ1) is 18.3. The topological polar surface area (TPSA) is 124 Å². The van der Waals surface area contributed by atoms with Crippen LogP contribution < -0.4 is 16.0 Å². The quantitative estimate of drug-likeness (QED) is 0.181. The molecule has 3 aromatic carbocycles. The Bertz CT molecular complexity index is 1750. The van der Waals surface area contributed by atoms with E-state index in [1.54, 1.807) is 53.6 Å². The van der Waals surface area contributed by atoms with Crippen molar-refractivity contribution in [1.29, 1.82) is 0 Å². The first-order valence-corrected chi connectivity index (χ1v) is 12.7. The summed E-state index contributed by atoms with van der Waals surface area (Å²) in [4.78, 5) is 35.4. The number of fused-ring (bicyclic) bond motifs is 4. The maximum Gasteiger partial charge on any atom is 0.274 e. The number of carbonyl (C=O) groups excluding carboxylic acids is 2. The van der Waals surface area contributed by atoms with Crippen molar-refractivity contribution in [2.24, 2.45) is 0 Å². The number of aromatic hydroxyl groups is 1. The van der Waals surface area contributed by atoms with E-state index in [2.05, 4.69) is 15.3 Å². The highest BCUT2D eigenvalue weighted by Crippen LogP contribution is 2.46. The van der Waals surface area contributed by atoms with Crippen molar-refractivity contribution in [3.8, 4) is 5.75 Å². The smallest absolute Gasteiger partial charge is 0.274 e. The molecule has 0 bridgehead atoms. The Morgan fingerprint density at radius 2 is 1.97 bits per heavy atom. The van der Waals surface area contributed by atoms with Crippen molar-refractivity contribution < 1.29 is 14.7 Å². The summed E-state index contributed by atoms with van der Waals surface area (Å²) in [5.41, 5.74) is 10.4. The lowest BCUT2D eigenvalue weighted by atomic mass is 9.92. The number of phenols is 1. The number of aromatic nitrogens is 2. The molecule has 1 atom stereocenters. The Balaban J connectivity index is 1.33. The van der Waals surface area contributed by atoms with Crippen LogP contribution >= 0.6 is 11.6 Å². The van der Waals surface area contributed by atoms with Crippen molar-refractivity contribution >= 4 is 62.3 Å². The third-order valence-corrected chi connectivity index (χ3v) is 7.42. The van der Waals surface area contributed by atoms with Gasteiger partial charge in [-0.2, -0.15) is 0 Å². The Morgan fingerprint density at radius 3 is 2.74 bits per heavy atom. The van der Waals surface area contributed by atoms with Crippen LogP contribution in [0.2, 0.25) is 0 Å². The molecule has 0 unspecified atom stereocenters. The van der Waals surface area contributed by atoms with E-state index in [9.17, 15) is 14.7 Å². The summed E-state index contributed by atoms with van der Waals surface area (Å²) in [7, 11) is 0. The number of rotatable bonds is 4. The number of H-pyrrole nitrogens is 1. The van der Waals surface area contributed by atoms with Crippen molar-refractivity contribution in [3.05, 3.63) is 89.2 Å². The fraction of sp³-hybridized carbons (Fsp3) is 0.138. The highest BCUT2D eigenvalue weighted by Gasteiger charge is 2.35. The van der Waals surface area contributed by atoms with Crippen LogP contribution in [0.25, 0.3) is 21.7 Å². The second-order valence-corrected chi connectivity index (χ2v) is 9.82. The summed E-state index contributed by atoms with van der Waals surface area (Å²) in [6.07, 6.45) is 1.58. The van der Waals surface area contributed by atoms with E-state index in [-0.39, 0.29) is 23.5 Å². The van der Waals surface area contributed by atoms with Crippen molar-refractivity contribution in [1.82, 2.24) is 9.97 Å². The average molecular weight is 526 g/mol. The van der Waals surface area contributed by atoms with Gasteiger partial charge < -0.3 is 26.0 Å². The third kappa shape index (κ3) is 3.90. The third-order valence-electron chi connectivity index (χ3n) is 7.05. The zero-order chi connectivity index (χ0) is 26.6. The number of carbonyl (C=O) groups is 2. The summed E-state index contributed by atoms with van der Waals surface area (Å²) >= 11 is 6.36. The number of aryl methyl sites for hydroxylation is 1. The molecular weight excluding hydrogens is 502 g/mol. The molecule has 0 saturated heterocycles. The zero-order valence-electron chi connectivity index (χ0n) is 20.5. The van der Waals surface area contributed by atoms with E-state index >= 15 is 0 Å².